The number of nitrogens with zero attached hydrogens (tertiary/aromatic N) is 8. The molecule has 0 radical (unpaired) electrons. The van der Waals surface area contributed by atoms with Crippen molar-refractivity contribution in [1.82, 2.24) is 41.3 Å². The Bertz CT molecular complexity index is 5400. The van der Waals surface area contributed by atoms with E-state index < -0.39 is 26.4 Å². The first-order chi connectivity index (χ1) is 53.7. The standard InChI is InChI=1S/C20H16N2O2S.C17H18N2O3.C12H7BrN2OS.C9H9BrN2O2.C8H9BO3.C7H9BO3.C6H6S.C3H8O/c1-13(23)14-6-5-7-15(10-14)16-11-18-20(22-24-21-18)19(12-16)25-17-8-3-2-4-9-17;1-10(2)21-16-9-14(8-15-17(16)19-22-18-15)13-6-4-5-12(7-13)11(3)20;13-8-6-10-12(15-16-14-10)11(7-8)17-9-4-2-1-3-5-9;1-5(2)13-8-4-6(10)3-7-9(8)12-14-11-7;1-6(10)7-3-2-4-8(5-7)9(11)12;1-11-7-4-2-3-6(5-7)8(9)10;7-6-4-2-1-3-5-6;1-3(2)4/h2-13,23H,1H3;4-11,20H,1-3H3;1-7H;3-5H,1-2H3;2-5,11-12H,1H3;2-5,9-10H,1H3;1-5,7H;3-4H,1-2H3. The van der Waals surface area contributed by atoms with Crippen LogP contribution in [0.3, 0.4) is 0 Å². The molecular formula is C82H82B2Br2N8O15S3. The fraction of sp³-hybridized carbons (Fsp3) is 0.183. The number of ketones is 1. The topological polar surface area (TPSA) is 342 Å². The van der Waals surface area contributed by atoms with Crippen LogP contribution in [0, 0.1) is 0 Å². The first kappa shape index (κ1) is 87.5. The Hall–Kier alpha value is -10.1. The number of hydrogen-bond acceptors (Lipinski definition) is 26. The highest BCUT2D eigenvalue weighted by Gasteiger charge is 2.18. The highest BCUT2D eigenvalue weighted by molar-refractivity contribution is 9.10. The maximum absolute atomic E-state index is 10.9. The summed E-state index contributed by atoms with van der Waals surface area (Å²) in [6, 6.07) is 74.1. The number of ether oxygens (including phenoxy) is 3. The lowest BCUT2D eigenvalue weighted by molar-refractivity contribution is 0.101. The number of carbonyl (C=O) groups is 1. The maximum atomic E-state index is 10.9. The molecule has 0 bridgehead atoms. The second-order valence-corrected chi connectivity index (χ2v) is 29.8. The summed E-state index contributed by atoms with van der Waals surface area (Å²) in [6.45, 7) is 16.2. The minimum absolute atomic E-state index is 0.0268. The van der Waals surface area contributed by atoms with Crippen molar-refractivity contribution in [2.45, 2.75) is 117 Å². The lowest BCUT2D eigenvalue weighted by Gasteiger charge is -2.12. The normalized spacial score (nSPS) is 11.1. The predicted octanol–water partition coefficient (Wildman–Crippen LogP) is 17.0. The van der Waals surface area contributed by atoms with E-state index in [1.165, 1.54) is 20.1 Å². The van der Waals surface area contributed by atoms with Crippen LogP contribution in [0.15, 0.2) is 289 Å². The second-order valence-electron chi connectivity index (χ2n) is 25.2. The summed E-state index contributed by atoms with van der Waals surface area (Å²) in [4.78, 5) is 16.2. The monoisotopic (exact) mass is 1690 g/mol. The molecule has 0 spiro atoms. The van der Waals surface area contributed by atoms with Gasteiger partial charge in [0.25, 0.3) is 0 Å². The molecule has 30 heteroatoms. The third kappa shape index (κ3) is 27.7. The van der Waals surface area contributed by atoms with Crippen molar-refractivity contribution in [3.63, 3.8) is 0 Å². The van der Waals surface area contributed by atoms with E-state index >= 15 is 0 Å². The van der Waals surface area contributed by atoms with Crippen molar-refractivity contribution in [3.05, 3.63) is 262 Å². The first-order valence-electron chi connectivity index (χ1n) is 34.8. The summed E-state index contributed by atoms with van der Waals surface area (Å²) >= 11 is 14.2. The SMILES string of the molecule is Brc1cc(Sc2ccccc2)c2nonc2c1.CC(=O)c1cccc(B(O)O)c1.CC(C)O.CC(C)Oc1cc(-c2cccc(C(C)O)c2)cc2nonc12.CC(C)Oc1cc(Br)cc2nonc12.CC(O)c1cccc(-c2cc(Sc3ccccc3)c3nonc3c2)c1.COc1cccc(B(O)O)c1.Sc1ccccc1. The van der Waals surface area contributed by atoms with E-state index in [2.05, 4.69) is 121 Å². The number of hydrogen-bond donors (Lipinski definition) is 8. The van der Waals surface area contributed by atoms with Gasteiger partial charge >= 0.3 is 14.2 Å². The number of halogens is 2. The Labute approximate surface area is 678 Å². The van der Waals surface area contributed by atoms with Gasteiger partial charge in [0.2, 0.25) is 0 Å². The van der Waals surface area contributed by atoms with Crippen LogP contribution in [0.1, 0.15) is 96.0 Å². The van der Waals surface area contributed by atoms with Crippen molar-refractivity contribution in [3.8, 4) is 39.5 Å². The number of Topliss-reactive ketones (excluding diaryl/α,β-unsaturated/α-hetero) is 1. The van der Waals surface area contributed by atoms with Crippen molar-refractivity contribution < 1.29 is 72.9 Å². The molecule has 15 rings (SSSR count). The number of thiol groups is 1. The molecule has 112 heavy (non-hydrogen) atoms. The van der Waals surface area contributed by atoms with Crippen LogP contribution >= 0.6 is 68.0 Å². The van der Waals surface area contributed by atoms with E-state index in [-0.39, 0.29) is 24.1 Å². The van der Waals surface area contributed by atoms with Gasteiger partial charge in [-0.05, 0) is 257 Å². The van der Waals surface area contributed by atoms with Crippen molar-refractivity contribution in [2.75, 3.05) is 7.11 Å². The second kappa shape index (κ2) is 44.3. The molecule has 0 saturated heterocycles. The molecule has 4 heterocycles. The van der Waals surface area contributed by atoms with E-state index in [4.69, 9.17) is 53.3 Å². The van der Waals surface area contributed by atoms with E-state index in [1.807, 2.05) is 185 Å². The molecule has 0 aliphatic rings. The number of benzene rings is 11. The third-order valence-electron chi connectivity index (χ3n) is 15.0. The highest BCUT2D eigenvalue weighted by Crippen LogP contribution is 2.39. The zero-order chi connectivity index (χ0) is 80.8. The Morgan fingerprint density at radius 1 is 0.420 bits per heavy atom. The maximum Gasteiger partial charge on any atom is 0.488 e. The fourth-order valence-corrected chi connectivity index (χ4v) is 13.0. The van der Waals surface area contributed by atoms with Gasteiger partial charge in [0.15, 0.2) is 28.3 Å². The smallest absolute Gasteiger partial charge is 0.488 e. The van der Waals surface area contributed by atoms with Crippen LogP contribution in [-0.4, -0.2) is 122 Å². The minimum atomic E-state index is -1.51. The third-order valence-corrected chi connectivity index (χ3v) is 18.3. The van der Waals surface area contributed by atoms with Crippen LogP contribution < -0.4 is 25.1 Å². The first-order valence-corrected chi connectivity index (χ1v) is 38.5. The Morgan fingerprint density at radius 3 is 1.23 bits per heavy atom. The van der Waals surface area contributed by atoms with Crippen LogP contribution in [0.4, 0.5) is 0 Å². The zero-order valence-corrected chi connectivity index (χ0v) is 68.3. The summed E-state index contributed by atoms with van der Waals surface area (Å²) in [5.74, 6) is 1.87. The van der Waals surface area contributed by atoms with Crippen LogP contribution in [0.25, 0.3) is 66.4 Å². The number of methoxy groups -OCH3 is 1. The Morgan fingerprint density at radius 2 is 0.804 bits per heavy atom. The largest absolute Gasteiger partial charge is 0.497 e. The van der Waals surface area contributed by atoms with Gasteiger partial charge in [-0.15, -0.1) is 12.6 Å². The molecule has 0 aliphatic heterocycles. The molecule has 2 atom stereocenters. The van der Waals surface area contributed by atoms with Gasteiger partial charge in [0.05, 0.1) is 31.5 Å². The molecule has 15 aromatic rings. The number of fused-ring (bicyclic) bond motifs is 4. The molecular weight excluding hydrogens is 1610 g/mol. The Kier molecular flexibility index (Phi) is 34.6. The number of aliphatic hydroxyl groups is 3. The minimum Gasteiger partial charge on any atom is -0.497 e. The van der Waals surface area contributed by atoms with Gasteiger partial charge in [-0.2, -0.15) is 0 Å². The number of rotatable bonds is 16. The molecule has 0 amide bonds. The summed E-state index contributed by atoms with van der Waals surface area (Å²) in [5, 5.41) is 93.9. The molecule has 7 N–H and O–H groups in total. The average molecular weight is 1700 g/mol. The molecule has 11 aromatic carbocycles. The van der Waals surface area contributed by atoms with Crippen LogP contribution in [0.2, 0.25) is 0 Å². The van der Waals surface area contributed by atoms with Gasteiger partial charge in [0.1, 0.15) is 38.8 Å². The van der Waals surface area contributed by atoms with Crippen LogP contribution in [-0.2, 0) is 0 Å². The molecule has 23 nitrogen and oxygen atoms in total. The van der Waals surface area contributed by atoms with Crippen molar-refractivity contribution in [1.29, 1.82) is 0 Å². The number of carbonyl (C=O) groups excluding carboxylic acids is 1. The van der Waals surface area contributed by atoms with Crippen molar-refractivity contribution in [2.24, 2.45) is 0 Å². The summed E-state index contributed by atoms with van der Waals surface area (Å²) in [7, 11) is -1.41. The van der Waals surface area contributed by atoms with E-state index in [0.717, 1.165) is 88.9 Å². The lowest BCUT2D eigenvalue weighted by Crippen LogP contribution is -2.30. The summed E-state index contributed by atoms with van der Waals surface area (Å²) in [5.41, 5.74) is 12.6. The van der Waals surface area contributed by atoms with Gasteiger partial charge in [-0.25, -0.2) is 18.5 Å². The molecule has 0 aliphatic carbocycles. The zero-order valence-electron chi connectivity index (χ0n) is 62.6. The molecule has 2 unspecified atom stereocenters. The molecule has 578 valence electrons. The number of aromatic nitrogens is 8. The quantitative estimate of drug-likeness (QED) is 0.0253. The summed E-state index contributed by atoms with van der Waals surface area (Å²) in [6.07, 6.45) is -1.05. The predicted molar refractivity (Wildman–Crippen MR) is 448 cm³/mol. The van der Waals surface area contributed by atoms with Crippen LogP contribution in [0.5, 0.6) is 17.2 Å². The molecule has 0 saturated carbocycles. The van der Waals surface area contributed by atoms with E-state index in [9.17, 15) is 15.0 Å². The van der Waals surface area contributed by atoms with E-state index in [1.54, 1.807) is 93.7 Å². The van der Waals surface area contributed by atoms with Gasteiger partial charge < -0.3 is 49.6 Å². The number of aliphatic hydroxyl groups excluding tert-OH is 3. The lowest BCUT2D eigenvalue weighted by atomic mass is 9.79. The average Bonchev–Trinajstić information content (AvgIpc) is 1.64. The summed E-state index contributed by atoms with van der Waals surface area (Å²) < 4.78 is 37.3. The van der Waals surface area contributed by atoms with Crippen molar-refractivity contribution >= 4 is 143 Å². The fourth-order valence-electron chi connectivity index (χ4n) is 9.89. The van der Waals surface area contributed by atoms with Gasteiger partial charge in [-0.1, -0.05) is 183 Å². The highest BCUT2D eigenvalue weighted by atomic mass is 79.9. The molecule has 0 fully saturated rings. The molecule has 4 aromatic heterocycles. The Balaban J connectivity index is 0.000000167. The van der Waals surface area contributed by atoms with E-state index in [0.29, 0.717) is 55.8 Å². The van der Waals surface area contributed by atoms with Gasteiger partial charge in [0, 0.05) is 45.1 Å². The van der Waals surface area contributed by atoms with Gasteiger partial charge in [-0.3, -0.25) is 4.79 Å².